The van der Waals surface area contributed by atoms with Gasteiger partial charge in [-0.25, -0.2) is 9.59 Å². The van der Waals surface area contributed by atoms with Crippen molar-refractivity contribution in [2.45, 2.75) is 39.2 Å². The predicted molar refractivity (Wildman–Crippen MR) is 117 cm³/mol. The SMILES string of the molecule is COC(=O)c1c(NC(=O)Cc2ccccc2)sc(Cl)c1CCNC(=O)OC(C)(C)C. The van der Waals surface area contributed by atoms with E-state index in [0.717, 1.165) is 16.9 Å². The normalized spacial score (nSPS) is 11.0. The quantitative estimate of drug-likeness (QED) is 0.606. The van der Waals surface area contributed by atoms with Crippen LogP contribution in [0.3, 0.4) is 0 Å². The van der Waals surface area contributed by atoms with Crippen LogP contribution in [0.25, 0.3) is 0 Å². The minimum atomic E-state index is -0.614. The molecule has 7 nitrogen and oxygen atoms in total. The van der Waals surface area contributed by atoms with Crippen molar-refractivity contribution in [2.75, 3.05) is 19.0 Å². The zero-order chi connectivity index (χ0) is 22.3. The summed E-state index contributed by atoms with van der Waals surface area (Å²) in [5, 5.41) is 5.69. The highest BCUT2D eigenvalue weighted by Gasteiger charge is 2.25. The zero-order valence-corrected chi connectivity index (χ0v) is 18.9. The number of rotatable bonds is 7. The van der Waals surface area contributed by atoms with Gasteiger partial charge in [0.05, 0.1) is 23.4 Å². The Kier molecular flexibility index (Phi) is 8.25. The first-order chi connectivity index (χ1) is 14.1. The van der Waals surface area contributed by atoms with E-state index < -0.39 is 17.7 Å². The third-order valence-corrected chi connectivity index (χ3v) is 5.25. The van der Waals surface area contributed by atoms with Crippen LogP contribution in [0.5, 0.6) is 0 Å². The second-order valence-electron chi connectivity index (χ2n) is 7.44. The van der Waals surface area contributed by atoms with Gasteiger partial charge in [0, 0.05) is 12.1 Å². The molecule has 0 aliphatic heterocycles. The Morgan fingerprint density at radius 2 is 1.80 bits per heavy atom. The minimum Gasteiger partial charge on any atom is -0.465 e. The molecule has 30 heavy (non-hydrogen) atoms. The molecule has 1 aromatic heterocycles. The number of carbonyl (C=O) groups excluding carboxylic acids is 3. The first-order valence-corrected chi connectivity index (χ1v) is 10.5. The van der Waals surface area contributed by atoms with Gasteiger partial charge >= 0.3 is 12.1 Å². The van der Waals surface area contributed by atoms with E-state index in [4.69, 9.17) is 21.1 Å². The van der Waals surface area contributed by atoms with Crippen LogP contribution < -0.4 is 10.6 Å². The molecule has 162 valence electrons. The van der Waals surface area contributed by atoms with Crippen molar-refractivity contribution in [3.8, 4) is 0 Å². The Morgan fingerprint density at radius 3 is 2.40 bits per heavy atom. The molecule has 0 aliphatic carbocycles. The highest BCUT2D eigenvalue weighted by molar-refractivity contribution is 7.20. The topological polar surface area (TPSA) is 93.7 Å². The summed E-state index contributed by atoms with van der Waals surface area (Å²) in [7, 11) is 1.26. The molecule has 0 fully saturated rings. The number of nitrogens with one attached hydrogen (secondary N) is 2. The van der Waals surface area contributed by atoms with Crippen LogP contribution in [0.2, 0.25) is 4.34 Å². The van der Waals surface area contributed by atoms with Gasteiger partial charge in [0.15, 0.2) is 0 Å². The standard InChI is InChI=1S/C21H25ClN2O5S/c1-21(2,3)29-20(27)23-11-10-14-16(19(26)28-4)18(30-17(14)22)24-15(25)12-13-8-6-5-7-9-13/h5-9H,10-12H2,1-4H3,(H,23,27)(H,24,25). The van der Waals surface area contributed by atoms with Crippen molar-refractivity contribution in [1.29, 1.82) is 0 Å². The van der Waals surface area contributed by atoms with Crippen LogP contribution in [0.1, 0.15) is 42.3 Å². The molecule has 1 aromatic carbocycles. The Hall–Kier alpha value is -2.58. The monoisotopic (exact) mass is 452 g/mol. The predicted octanol–water partition coefficient (Wildman–Crippen LogP) is 4.44. The Morgan fingerprint density at radius 1 is 1.13 bits per heavy atom. The average molecular weight is 453 g/mol. The van der Waals surface area contributed by atoms with E-state index in [9.17, 15) is 14.4 Å². The number of alkyl carbamates (subject to hydrolysis) is 1. The van der Waals surface area contributed by atoms with Crippen LogP contribution >= 0.6 is 22.9 Å². The number of thiophene rings is 1. The maximum Gasteiger partial charge on any atom is 0.407 e. The number of ether oxygens (including phenoxy) is 2. The van der Waals surface area contributed by atoms with Gasteiger partial charge < -0.3 is 20.1 Å². The summed E-state index contributed by atoms with van der Waals surface area (Å²) in [5.74, 6) is -0.886. The molecule has 2 N–H and O–H groups in total. The Balaban J connectivity index is 2.11. The second kappa shape index (κ2) is 10.4. The first-order valence-electron chi connectivity index (χ1n) is 9.31. The van der Waals surface area contributed by atoms with Crippen LogP contribution in [0.4, 0.5) is 9.80 Å². The van der Waals surface area contributed by atoms with E-state index in [0.29, 0.717) is 14.9 Å². The number of amides is 2. The summed E-state index contributed by atoms with van der Waals surface area (Å²) in [4.78, 5) is 36.6. The summed E-state index contributed by atoms with van der Waals surface area (Å²) in [6.07, 6.45) is -0.134. The van der Waals surface area contributed by atoms with Gasteiger partial charge in [-0.15, -0.1) is 11.3 Å². The van der Waals surface area contributed by atoms with E-state index in [1.807, 2.05) is 30.3 Å². The molecule has 1 heterocycles. The van der Waals surface area contributed by atoms with E-state index in [2.05, 4.69) is 10.6 Å². The van der Waals surface area contributed by atoms with Crippen molar-refractivity contribution < 1.29 is 23.9 Å². The summed E-state index contributed by atoms with van der Waals surface area (Å²) in [6.45, 7) is 5.50. The third kappa shape index (κ3) is 7.03. The lowest BCUT2D eigenvalue weighted by molar-refractivity contribution is -0.115. The molecule has 0 radical (unpaired) electrons. The van der Waals surface area contributed by atoms with Crippen LogP contribution in [0, 0.1) is 0 Å². The molecule has 0 bridgehead atoms. The van der Waals surface area contributed by atoms with Crippen LogP contribution in [-0.4, -0.2) is 37.2 Å². The minimum absolute atomic E-state index is 0.159. The van der Waals surface area contributed by atoms with Gasteiger partial charge in [-0.1, -0.05) is 41.9 Å². The Labute approximate surface area is 184 Å². The molecule has 0 saturated heterocycles. The van der Waals surface area contributed by atoms with Crippen molar-refractivity contribution in [2.24, 2.45) is 0 Å². The number of methoxy groups -OCH3 is 1. The van der Waals surface area contributed by atoms with Crippen molar-refractivity contribution in [3.63, 3.8) is 0 Å². The highest BCUT2D eigenvalue weighted by atomic mass is 35.5. The molecule has 0 spiro atoms. The number of halogens is 1. The lowest BCUT2D eigenvalue weighted by Crippen LogP contribution is -2.33. The molecule has 0 saturated carbocycles. The summed E-state index contributed by atoms with van der Waals surface area (Å²) >= 11 is 7.41. The number of esters is 1. The fourth-order valence-corrected chi connectivity index (χ4v) is 4.02. The van der Waals surface area contributed by atoms with Crippen molar-refractivity contribution in [1.82, 2.24) is 5.32 Å². The van der Waals surface area contributed by atoms with Crippen molar-refractivity contribution >= 4 is 45.9 Å². The zero-order valence-electron chi connectivity index (χ0n) is 17.3. The number of hydrogen-bond donors (Lipinski definition) is 2. The van der Waals surface area contributed by atoms with Gasteiger partial charge in [-0.2, -0.15) is 0 Å². The smallest absolute Gasteiger partial charge is 0.407 e. The maximum atomic E-state index is 12.4. The number of hydrogen-bond acceptors (Lipinski definition) is 6. The van der Waals surface area contributed by atoms with Crippen LogP contribution in [0.15, 0.2) is 30.3 Å². The van der Waals surface area contributed by atoms with Gasteiger partial charge in [0.25, 0.3) is 0 Å². The third-order valence-electron chi connectivity index (χ3n) is 3.85. The largest absolute Gasteiger partial charge is 0.465 e. The van der Waals surface area contributed by atoms with E-state index >= 15 is 0 Å². The van der Waals surface area contributed by atoms with Crippen LogP contribution in [-0.2, 0) is 27.1 Å². The van der Waals surface area contributed by atoms with E-state index in [1.54, 1.807) is 20.8 Å². The fourth-order valence-electron chi connectivity index (χ4n) is 2.62. The second-order valence-corrected chi connectivity index (χ2v) is 9.06. The van der Waals surface area contributed by atoms with Crippen molar-refractivity contribution in [3.05, 3.63) is 51.4 Å². The molecule has 0 aliphatic rings. The van der Waals surface area contributed by atoms with E-state index in [-0.39, 0.29) is 30.9 Å². The number of benzene rings is 1. The van der Waals surface area contributed by atoms with Gasteiger partial charge in [-0.05, 0) is 32.8 Å². The lowest BCUT2D eigenvalue weighted by Gasteiger charge is -2.19. The van der Waals surface area contributed by atoms with Gasteiger partial charge in [-0.3, -0.25) is 4.79 Å². The fraction of sp³-hybridized carbons (Fsp3) is 0.381. The summed E-state index contributed by atoms with van der Waals surface area (Å²) in [5.41, 5.74) is 0.927. The summed E-state index contributed by atoms with van der Waals surface area (Å²) < 4.78 is 10.4. The van der Waals surface area contributed by atoms with Gasteiger partial charge in [0.2, 0.25) is 5.91 Å². The molecule has 2 aromatic rings. The first kappa shape index (κ1) is 23.7. The molecule has 9 heteroatoms. The average Bonchev–Trinajstić information content (AvgIpc) is 2.95. The number of carbonyl (C=O) groups is 3. The molecule has 0 atom stereocenters. The molecular formula is C21H25ClN2O5S. The molecule has 2 amide bonds. The highest BCUT2D eigenvalue weighted by Crippen LogP contribution is 2.38. The molecule has 2 rings (SSSR count). The molecular weight excluding hydrogens is 428 g/mol. The maximum absolute atomic E-state index is 12.4. The van der Waals surface area contributed by atoms with Gasteiger partial charge in [0.1, 0.15) is 10.6 Å². The van der Waals surface area contributed by atoms with E-state index in [1.165, 1.54) is 7.11 Å². The lowest BCUT2D eigenvalue weighted by atomic mass is 10.1. The Bertz CT molecular complexity index is 906. The number of anilines is 1. The summed E-state index contributed by atoms with van der Waals surface area (Å²) in [6, 6.07) is 9.25. The molecule has 0 unspecified atom stereocenters.